The van der Waals surface area contributed by atoms with Crippen LogP contribution < -0.4 is 9.62 Å². The number of hydrogen-bond donors (Lipinski definition) is 1. The highest BCUT2D eigenvalue weighted by atomic mass is 35.5. The molecule has 24 heavy (non-hydrogen) atoms. The second-order valence-electron chi connectivity index (χ2n) is 5.34. The first kappa shape index (κ1) is 17.1. The molecule has 126 valence electrons. The summed E-state index contributed by atoms with van der Waals surface area (Å²) in [5, 5.41) is 3.28. The third-order valence-corrected chi connectivity index (χ3v) is 6.22. The average Bonchev–Trinajstić information content (AvgIpc) is 2.89. The summed E-state index contributed by atoms with van der Waals surface area (Å²) < 4.78 is 25.2. The van der Waals surface area contributed by atoms with Crippen LogP contribution in [0.5, 0.6) is 0 Å². The summed E-state index contributed by atoms with van der Waals surface area (Å²) >= 11 is 12.2. The van der Waals surface area contributed by atoms with E-state index in [9.17, 15) is 13.2 Å². The number of amides is 1. The van der Waals surface area contributed by atoms with Gasteiger partial charge in [0.2, 0.25) is 10.0 Å². The Kier molecular flexibility index (Phi) is 4.71. The lowest BCUT2D eigenvalue weighted by Crippen LogP contribution is -2.25. The quantitative estimate of drug-likeness (QED) is 0.875. The summed E-state index contributed by atoms with van der Waals surface area (Å²) in [4.78, 5) is 12.3. The highest BCUT2D eigenvalue weighted by Gasteiger charge is 2.28. The number of carbonyl (C=O) groups is 1. The third kappa shape index (κ3) is 3.36. The number of hydrogen-bond acceptors (Lipinski definition) is 3. The van der Waals surface area contributed by atoms with Gasteiger partial charge >= 0.3 is 0 Å². The Labute approximate surface area is 150 Å². The van der Waals surface area contributed by atoms with Gasteiger partial charge in [0, 0.05) is 6.54 Å². The summed E-state index contributed by atoms with van der Waals surface area (Å²) in [6.07, 6.45) is 0.588. The molecule has 1 heterocycles. The third-order valence-electron chi connectivity index (χ3n) is 3.71. The van der Waals surface area contributed by atoms with E-state index in [1.165, 1.54) is 10.4 Å². The molecule has 0 spiro atoms. The number of anilines is 2. The normalized spacial score (nSPS) is 16.2. The highest BCUT2D eigenvalue weighted by molar-refractivity contribution is 7.93. The number of halogens is 2. The predicted molar refractivity (Wildman–Crippen MR) is 96.6 cm³/mol. The van der Waals surface area contributed by atoms with Gasteiger partial charge in [0.05, 0.1) is 32.7 Å². The van der Waals surface area contributed by atoms with E-state index in [4.69, 9.17) is 23.2 Å². The van der Waals surface area contributed by atoms with Gasteiger partial charge in [-0.15, -0.1) is 0 Å². The monoisotopic (exact) mass is 384 g/mol. The van der Waals surface area contributed by atoms with E-state index in [1.54, 1.807) is 36.4 Å². The van der Waals surface area contributed by atoms with Crippen LogP contribution in [0.25, 0.3) is 0 Å². The van der Waals surface area contributed by atoms with Crippen molar-refractivity contribution in [3.05, 3.63) is 58.1 Å². The number of carbonyl (C=O) groups excluding carboxylic acids is 1. The summed E-state index contributed by atoms with van der Waals surface area (Å²) in [7, 11) is -3.27. The van der Waals surface area contributed by atoms with Crippen LogP contribution in [0.1, 0.15) is 16.8 Å². The zero-order valence-corrected chi connectivity index (χ0v) is 14.8. The molecule has 0 aliphatic carbocycles. The van der Waals surface area contributed by atoms with Crippen molar-refractivity contribution in [1.82, 2.24) is 0 Å². The maximum absolute atomic E-state index is 12.3. The van der Waals surface area contributed by atoms with Crippen molar-refractivity contribution in [2.75, 3.05) is 21.9 Å². The molecule has 0 aromatic heterocycles. The van der Waals surface area contributed by atoms with Gasteiger partial charge in [-0.1, -0.05) is 35.3 Å². The lowest BCUT2D eigenvalue weighted by molar-refractivity contribution is 0.102. The van der Waals surface area contributed by atoms with Gasteiger partial charge in [0.1, 0.15) is 0 Å². The molecular formula is C16H14Cl2N2O3S. The predicted octanol–water partition coefficient (Wildman–Crippen LogP) is 3.79. The Balaban J connectivity index is 1.83. The standard InChI is InChI=1S/C16H14Cl2N2O3S/c17-13-5-2-1-4-12(13)16(21)19-15-7-6-11(10-14(15)18)20-8-3-9-24(20,22)23/h1-2,4-7,10H,3,8-9H2,(H,19,21). The van der Waals surface area contributed by atoms with E-state index in [0.717, 1.165) is 0 Å². The van der Waals surface area contributed by atoms with Crippen LogP contribution in [-0.2, 0) is 10.0 Å². The van der Waals surface area contributed by atoms with Crippen LogP contribution >= 0.6 is 23.2 Å². The molecule has 1 amide bonds. The molecule has 0 unspecified atom stereocenters. The first-order chi connectivity index (χ1) is 11.4. The molecule has 1 N–H and O–H groups in total. The van der Waals surface area contributed by atoms with E-state index in [1.807, 2.05) is 0 Å². The molecular weight excluding hydrogens is 371 g/mol. The van der Waals surface area contributed by atoms with Gasteiger partial charge in [-0.3, -0.25) is 9.10 Å². The van der Waals surface area contributed by atoms with Crippen molar-refractivity contribution in [1.29, 1.82) is 0 Å². The molecule has 2 aromatic carbocycles. The summed E-state index contributed by atoms with van der Waals surface area (Å²) in [6.45, 7) is 0.435. The minimum atomic E-state index is -3.27. The number of benzene rings is 2. The summed E-state index contributed by atoms with van der Waals surface area (Å²) in [6, 6.07) is 11.4. The SMILES string of the molecule is O=C(Nc1ccc(N2CCCS2(=O)=O)cc1Cl)c1ccccc1Cl. The van der Waals surface area contributed by atoms with E-state index in [2.05, 4.69) is 5.32 Å². The smallest absolute Gasteiger partial charge is 0.257 e. The average molecular weight is 385 g/mol. The van der Waals surface area contributed by atoms with Crippen LogP contribution in [0.2, 0.25) is 10.0 Å². The second-order valence-corrected chi connectivity index (χ2v) is 8.17. The van der Waals surface area contributed by atoms with Crippen LogP contribution in [-0.4, -0.2) is 26.6 Å². The fourth-order valence-electron chi connectivity index (χ4n) is 2.53. The van der Waals surface area contributed by atoms with E-state index in [-0.39, 0.29) is 16.7 Å². The van der Waals surface area contributed by atoms with E-state index >= 15 is 0 Å². The van der Waals surface area contributed by atoms with Crippen molar-refractivity contribution in [3.8, 4) is 0 Å². The Hall–Kier alpha value is -1.76. The van der Waals surface area contributed by atoms with Crippen molar-refractivity contribution in [3.63, 3.8) is 0 Å². The number of nitrogens with zero attached hydrogens (tertiary/aromatic N) is 1. The van der Waals surface area contributed by atoms with Crippen molar-refractivity contribution in [2.45, 2.75) is 6.42 Å². The Morgan fingerprint density at radius 1 is 1.08 bits per heavy atom. The van der Waals surface area contributed by atoms with Crippen LogP contribution in [0.3, 0.4) is 0 Å². The van der Waals surface area contributed by atoms with Gasteiger partial charge < -0.3 is 5.32 Å². The lowest BCUT2D eigenvalue weighted by atomic mass is 10.2. The lowest BCUT2D eigenvalue weighted by Gasteiger charge is -2.18. The fraction of sp³-hybridized carbons (Fsp3) is 0.188. The number of rotatable bonds is 3. The van der Waals surface area contributed by atoms with Gasteiger partial charge in [-0.05, 0) is 36.8 Å². The largest absolute Gasteiger partial charge is 0.321 e. The molecule has 1 fully saturated rings. The molecule has 1 saturated heterocycles. The van der Waals surface area contributed by atoms with E-state index < -0.39 is 10.0 Å². The highest BCUT2D eigenvalue weighted by Crippen LogP contribution is 2.31. The molecule has 5 nitrogen and oxygen atoms in total. The van der Waals surface area contributed by atoms with E-state index in [0.29, 0.717) is 34.9 Å². The Bertz CT molecular complexity index is 900. The maximum Gasteiger partial charge on any atom is 0.257 e. The number of nitrogens with one attached hydrogen (secondary N) is 1. The molecule has 1 aliphatic heterocycles. The van der Waals surface area contributed by atoms with Crippen LogP contribution in [0, 0.1) is 0 Å². The minimum absolute atomic E-state index is 0.135. The Morgan fingerprint density at radius 2 is 1.83 bits per heavy atom. The molecule has 0 atom stereocenters. The van der Waals surface area contributed by atoms with Crippen LogP contribution in [0.4, 0.5) is 11.4 Å². The first-order valence-electron chi connectivity index (χ1n) is 7.24. The summed E-state index contributed by atoms with van der Waals surface area (Å²) in [5.74, 6) is -0.251. The Morgan fingerprint density at radius 3 is 2.46 bits per heavy atom. The first-order valence-corrected chi connectivity index (χ1v) is 9.61. The van der Waals surface area contributed by atoms with Gasteiger partial charge in [0.15, 0.2) is 0 Å². The second kappa shape index (κ2) is 6.63. The molecule has 0 bridgehead atoms. The van der Waals surface area contributed by atoms with Gasteiger partial charge in [0.25, 0.3) is 5.91 Å². The molecule has 1 aliphatic rings. The topological polar surface area (TPSA) is 66.5 Å². The zero-order chi connectivity index (χ0) is 17.3. The molecule has 0 saturated carbocycles. The maximum atomic E-state index is 12.3. The zero-order valence-electron chi connectivity index (χ0n) is 12.5. The molecule has 2 aromatic rings. The van der Waals surface area contributed by atoms with Gasteiger partial charge in [-0.25, -0.2) is 8.42 Å². The fourth-order valence-corrected chi connectivity index (χ4v) is 4.52. The molecule has 0 radical (unpaired) electrons. The van der Waals surface area contributed by atoms with Crippen molar-refractivity contribution in [2.24, 2.45) is 0 Å². The van der Waals surface area contributed by atoms with Gasteiger partial charge in [-0.2, -0.15) is 0 Å². The summed E-state index contributed by atoms with van der Waals surface area (Å²) in [5.41, 5.74) is 1.22. The molecule has 3 rings (SSSR count). The molecule has 8 heteroatoms. The van der Waals surface area contributed by atoms with Crippen LogP contribution in [0.15, 0.2) is 42.5 Å². The van der Waals surface area contributed by atoms with Crippen molar-refractivity contribution >= 4 is 50.5 Å². The van der Waals surface area contributed by atoms with Crippen molar-refractivity contribution < 1.29 is 13.2 Å². The minimum Gasteiger partial charge on any atom is -0.321 e. The number of sulfonamides is 1.